The van der Waals surface area contributed by atoms with Gasteiger partial charge < -0.3 is 10.3 Å². The molecule has 31 heavy (non-hydrogen) atoms. The lowest BCUT2D eigenvalue weighted by atomic mass is 10.1. The van der Waals surface area contributed by atoms with E-state index < -0.39 is 15.8 Å². The number of anilines is 1. The summed E-state index contributed by atoms with van der Waals surface area (Å²) < 4.78 is 36.5. The van der Waals surface area contributed by atoms with Crippen LogP contribution in [0, 0.1) is 12.4 Å². The SMILES string of the molecule is [C-]#[N+]c1cnc(N[C@H](C)c2ccc(S(N)(=O)=O)cc2)nc1-c1c[nH]c2ncc(F)cc12. The first-order valence-corrected chi connectivity index (χ1v) is 10.6. The smallest absolute Gasteiger partial charge is 0.238 e. The Morgan fingerprint density at radius 1 is 1.23 bits per heavy atom. The highest BCUT2D eigenvalue weighted by Crippen LogP contribution is 2.34. The number of hydrogen-bond donors (Lipinski definition) is 3. The summed E-state index contributed by atoms with van der Waals surface area (Å²) in [5, 5.41) is 8.75. The Morgan fingerprint density at radius 2 is 1.97 bits per heavy atom. The first-order valence-electron chi connectivity index (χ1n) is 9.03. The predicted molar refractivity (Wildman–Crippen MR) is 113 cm³/mol. The van der Waals surface area contributed by atoms with E-state index in [9.17, 15) is 12.8 Å². The van der Waals surface area contributed by atoms with Crippen molar-refractivity contribution in [3.8, 4) is 11.3 Å². The third-order valence-corrected chi connectivity index (χ3v) is 5.63. The molecule has 0 fully saturated rings. The Hall–Kier alpha value is -3.88. The molecule has 9 nitrogen and oxygen atoms in total. The number of rotatable bonds is 5. The van der Waals surface area contributed by atoms with Crippen LogP contribution in [0.15, 0.2) is 53.8 Å². The summed E-state index contributed by atoms with van der Waals surface area (Å²) in [6.07, 6.45) is 4.11. The van der Waals surface area contributed by atoms with Crippen LogP contribution in [0.4, 0.5) is 16.0 Å². The molecular weight excluding hydrogens is 421 g/mol. The highest BCUT2D eigenvalue weighted by Gasteiger charge is 2.17. The maximum Gasteiger partial charge on any atom is 0.238 e. The van der Waals surface area contributed by atoms with Crippen LogP contribution >= 0.6 is 0 Å². The number of aromatic nitrogens is 4. The topological polar surface area (TPSA) is 131 Å². The van der Waals surface area contributed by atoms with Crippen molar-refractivity contribution in [3.05, 3.63) is 71.7 Å². The lowest BCUT2D eigenvalue weighted by molar-refractivity contribution is 0.597. The number of nitrogens with zero attached hydrogens (tertiary/aromatic N) is 4. The van der Waals surface area contributed by atoms with Gasteiger partial charge in [0.2, 0.25) is 21.7 Å². The van der Waals surface area contributed by atoms with E-state index in [1.807, 2.05) is 6.92 Å². The van der Waals surface area contributed by atoms with Gasteiger partial charge in [0.05, 0.1) is 29.4 Å². The van der Waals surface area contributed by atoms with Gasteiger partial charge in [0, 0.05) is 23.3 Å². The summed E-state index contributed by atoms with van der Waals surface area (Å²) >= 11 is 0. The molecule has 0 aliphatic carbocycles. The molecule has 4 N–H and O–H groups in total. The van der Waals surface area contributed by atoms with E-state index in [0.717, 1.165) is 11.8 Å². The predicted octanol–water partition coefficient (Wildman–Crippen LogP) is 3.53. The zero-order valence-corrected chi connectivity index (χ0v) is 17.0. The van der Waals surface area contributed by atoms with Crippen molar-refractivity contribution in [2.45, 2.75) is 17.9 Å². The molecule has 0 amide bonds. The number of H-pyrrole nitrogens is 1. The van der Waals surface area contributed by atoms with Crippen LogP contribution < -0.4 is 10.5 Å². The van der Waals surface area contributed by atoms with E-state index in [1.54, 1.807) is 18.3 Å². The van der Waals surface area contributed by atoms with Crippen LogP contribution in [-0.4, -0.2) is 28.4 Å². The van der Waals surface area contributed by atoms with E-state index >= 15 is 0 Å². The lowest BCUT2D eigenvalue weighted by Gasteiger charge is -2.15. The molecule has 0 unspecified atom stereocenters. The molecule has 0 spiro atoms. The van der Waals surface area contributed by atoms with Gasteiger partial charge in [-0.1, -0.05) is 12.1 Å². The fourth-order valence-electron chi connectivity index (χ4n) is 3.12. The van der Waals surface area contributed by atoms with E-state index in [4.69, 9.17) is 11.7 Å². The summed E-state index contributed by atoms with van der Waals surface area (Å²) in [5.41, 5.74) is 2.33. The highest BCUT2D eigenvalue weighted by molar-refractivity contribution is 7.89. The quantitative estimate of drug-likeness (QED) is 0.409. The Labute approximate surface area is 177 Å². The van der Waals surface area contributed by atoms with Crippen molar-refractivity contribution in [2.24, 2.45) is 5.14 Å². The van der Waals surface area contributed by atoms with Crippen LogP contribution in [0.2, 0.25) is 0 Å². The molecule has 0 aliphatic rings. The molecular formula is C20H16FN7O2S. The number of aromatic amines is 1. The van der Waals surface area contributed by atoms with Gasteiger partial charge in [-0.2, -0.15) is 0 Å². The molecule has 3 heterocycles. The molecule has 0 bridgehead atoms. The molecule has 0 saturated heterocycles. The second-order valence-electron chi connectivity index (χ2n) is 6.77. The maximum atomic E-state index is 13.7. The summed E-state index contributed by atoms with van der Waals surface area (Å²) in [7, 11) is -3.77. The Morgan fingerprint density at radius 3 is 2.65 bits per heavy atom. The third kappa shape index (κ3) is 4.07. The number of hydrogen-bond acceptors (Lipinski definition) is 6. The third-order valence-electron chi connectivity index (χ3n) is 4.70. The van der Waals surface area contributed by atoms with Gasteiger partial charge in [0.15, 0.2) is 0 Å². The summed E-state index contributed by atoms with van der Waals surface area (Å²) in [4.78, 5) is 19.1. The van der Waals surface area contributed by atoms with E-state index in [2.05, 4.69) is 30.1 Å². The highest BCUT2D eigenvalue weighted by atomic mass is 32.2. The van der Waals surface area contributed by atoms with Gasteiger partial charge in [-0.3, -0.25) is 0 Å². The first kappa shape index (κ1) is 20.4. The number of nitrogens with two attached hydrogens (primary N) is 1. The molecule has 4 aromatic rings. The molecule has 3 aromatic heterocycles. The normalized spacial score (nSPS) is 12.5. The van der Waals surface area contributed by atoms with Crippen LogP contribution in [-0.2, 0) is 10.0 Å². The monoisotopic (exact) mass is 437 g/mol. The number of halogens is 1. The number of pyridine rings is 1. The number of nitrogens with one attached hydrogen (secondary N) is 2. The van der Waals surface area contributed by atoms with E-state index in [0.29, 0.717) is 22.3 Å². The van der Waals surface area contributed by atoms with Crippen molar-refractivity contribution >= 4 is 32.7 Å². The molecule has 11 heteroatoms. The number of sulfonamides is 1. The van der Waals surface area contributed by atoms with Crippen molar-refractivity contribution in [3.63, 3.8) is 0 Å². The molecule has 0 saturated carbocycles. The van der Waals surface area contributed by atoms with Crippen molar-refractivity contribution in [2.75, 3.05) is 5.32 Å². The molecule has 0 aliphatic heterocycles. The number of benzene rings is 1. The minimum atomic E-state index is -3.77. The van der Waals surface area contributed by atoms with Gasteiger partial charge in [-0.25, -0.2) is 37.7 Å². The standard InChI is InChI=1S/C20H16FN7O2S/c1-11(12-3-5-14(6-4-12)31(22,29)30)27-20-26-10-17(23-2)18(28-20)16-9-25-19-15(16)7-13(21)8-24-19/h3-11H,1H3,(H,24,25)(H2,22,29,30)(H,26,27,28)/t11-/m1/s1. The van der Waals surface area contributed by atoms with Gasteiger partial charge in [-0.05, 0) is 30.7 Å². The Bertz CT molecular complexity index is 1430. The average Bonchev–Trinajstić information content (AvgIpc) is 3.16. The van der Waals surface area contributed by atoms with Gasteiger partial charge >= 0.3 is 0 Å². The summed E-state index contributed by atoms with van der Waals surface area (Å²) in [6, 6.07) is 7.17. The molecule has 4 rings (SSSR count). The first-order chi connectivity index (χ1) is 14.8. The average molecular weight is 437 g/mol. The Kier molecular flexibility index (Phi) is 5.10. The minimum absolute atomic E-state index is 0.0172. The minimum Gasteiger partial charge on any atom is -0.348 e. The molecule has 0 radical (unpaired) electrons. The summed E-state index contributed by atoms with van der Waals surface area (Å²) in [5.74, 6) is -0.245. The van der Waals surface area contributed by atoms with Crippen LogP contribution in [0.25, 0.3) is 27.1 Å². The second-order valence-corrected chi connectivity index (χ2v) is 8.33. The molecule has 1 atom stereocenters. The lowest BCUT2D eigenvalue weighted by Crippen LogP contribution is -2.13. The zero-order valence-electron chi connectivity index (χ0n) is 16.2. The van der Waals surface area contributed by atoms with E-state index in [-0.39, 0.29) is 22.6 Å². The van der Waals surface area contributed by atoms with Gasteiger partial charge in [0.1, 0.15) is 11.5 Å². The fourth-order valence-corrected chi connectivity index (χ4v) is 3.64. The second kappa shape index (κ2) is 7.75. The Balaban J connectivity index is 1.67. The van der Waals surface area contributed by atoms with Crippen LogP contribution in [0.3, 0.4) is 0 Å². The maximum absolute atomic E-state index is 13.7. The van der Waals surface area contributed by atoms with Gasteiger partial charge in [-0.15, -0.1) is 0 Å². The van der Waals surface area contributed by atoms with Crippen LogP contribution in [0.1, 0.15) is 18.5 Å². The van der Waals surface area contributed by atoms with Crippen molar-refractivity contribution < 1.29 is 12.8 Å². The largest absolute Gasteiger partial charge is 0.348 e. The van der Waals surface area contributed by atoms with Gasteiger partial charge in [0.25, 0.3) is 0 Å². The fraction of sp³-hybridized carbons (Fsp3) is 0.100. The van der Waals surface area contributed by atoms with Crippen molar-refractivity contribution in [1.29, 1.82) is 0 Å². The van der Waals surface area contributed by atoms with E-state index in [1.165, 1.54) is 24.4 Å². The zero-order chi connectivity index (χ0) is 22.2. The number of fused-ring (bicyclic) bond motifs is 1. The summed E-state index contributed by atoms with van der Waals surface area (Å²) in [6.45, 7) is 9.27. The van der Waals surface area contributed by atoms with Crippen LogP contribution in [0.5, 0.6) is 0 Å². The van der Waals surface area contributed by atoms with Crippen molar-refractivity contribution in [1.82, 2.24) is 19.9 Å². The number of primary sulfonamides is 1. The molecule has 1 aromatic carbocycles. The molecule has 156 valence electrons.